The van der Waals surface area contributed by atoms with E-state index in [1.165, 1.54) is 11.3 Å². The van der Waals surface area contributed by atoms with Gasteiger partial charge in [0.2, 0.25) is 5.91 Å². The summed E-state index contributed by atoms with van der Waals surface area (Å²) in [6.45, 7) is 1.20. The van der Waals surface area contributed by atoms with Crippen LogP contribution in [0.1, 0.15) is 16.8 Å². The van der Waals surface area contributed by atoms with Crippen LogP contribution in [-0.4, -0.2) is 66.3 Å². The van der Waals surface area contributed by atoms with Crippen LogP contribution in [0.4, 0.5) is 8.78 Å². The largest absolute Gasteiger partial charge is 0.338 e. The number of hydrogen-bond donors (Lipinski definition) is 1. The molecule has 1 aromatic rings. The molecule has 0 saturated carbocycles. The smallest absolute Gasteiger partial charge is 0.262 e. The minimum Gasteiger partial charge on any atom is -0.338 e. The van der Waals surface area contributed by atoms with Gasteiger partial charge >= 0.3 is 0 Å². The van der Waals surface area contributed by atoms with Gasteiger partial charge in [-0.25, -0.2) is 8.78 Å². The molecule has 120 valence electrons. The van der Waals surface area contributed by atoms with E-state index in [9.17, 15) is 18.4 Å². The number of carbonyl (C=O) groups is 2. The molecular formula is C14H17F2N3O2S. The molecule has 5 nitrogen and oxygen atoms in total. The lowest BCUT2D eigenvalue weighted by Crippen LogP contribution is -2.54. The predicted octanol–water partition coefficient (Wildman–Crippen LogP) is 1.03. The Labute approximate surface area is 130 Å². The van der Waals surface area contributed by atoms with Crippen molar-refractivity contribution >= 4 is 23.2 Å². The van der Waals surface area contributed by atoms with Gasteiger partial charge in [-0.15, -0.1) is 0 Å². The van der Waals surface area contributed by atoms with Gasteiger partial charge in [0.15, 0.2) is 0 Å². The highest BCUT2D eigenvalue weighted by molar-refractivity contribution is 7.08. The molecule has 1 unspecified atom stereocenters. The first-order chi connectivity index (χ1) is 10.5. The van der Waals surface area contributed by atoms with Crippen molar-refractivity contribution in [1.82, 2.24) is 15.1 Å². The molecule has 22 heavy (non-hydrogen) atoms. The van der Waals surface area contributed by atoms with Gasteiger partial charge in [0.05, 0.1) is 18.2 Å². The molecule has 0 spiro atoms. The molecule has 3 heterocycles. The van der Waals surface area contributed by atoms with E-state index in [0.717, 1.165) is 0 Å². The summed E-state index contributed by atoms with van der Waals surface area (Å²) in [6.07, 6.45) is -0.445. The molecule has 2 aliphatic heterocycles. The van der Waals surface area contributed by atoms with E-state index < -0.39 is 24.9 Å². The van der Waals surface area contributed by atoms with Crippen LogP contribution in [0.2, 0.25) is 0 Å². The summed E-state index contributed by atoms with van der Waals surface area (Å²) >= 11 is 1.46. The molecule has 8 heteroatoms. The van der Waals surface area contributed by atoms with Crippen LogP contribution in [0.25, 0.3) is 0 Å². The minimum absolute atomic E-state index is 0.0427. The van der Waals surface area contributed by atoms with Crippen molar-refractivity contribution in [2.75, 3.05) is 32.7 Å². The Balaban J connectivity index is 1.53. The molecule has 2 fully saturated rings. The maximum absolute atomic E-state index is 13.2. The Kier molecular flexibility index (Phi) is 4.14. The van der Waals surface area contributed by atoms with E-state index in [-0.39, 0.29) is 11.8 Å². The number of nitrogens with one attached hydrogen (secondary N) is 1. The quantitative estimate of drug-likeness (QED) is 0.882. The molecule has 2 aliphatic rings. The minimum atomic E-state index is -2.81. The van der Waals surface area contributed by atoms with Crippen molar-refractivity contribution in [3.63, 3.8) is 0 Å². The van der Waals surface area contributed by atoms with Gasteiger partial charge in [-0.05, 0) is 11.4 Å². The third-order valence-corrected chi connectivity index (χ3v) is 4.74. The van der Waals surface area contributed by atoms with E-state index in [1.54, 1.807) is 21.2 Å². The van der Waals surface area contributed by atoms with E-state index in [4.69, 9.17) is 0 Å². The average molecular weight is 329 g/mol. The lowest BCUT2D eigenvalue weighted by atomic mass is 10.1. The standard InChI is InChI=1S/C14H17F2N3O2S/c15-14(16)7-11(17-9-14)13(21)19-4-2-18(3-5-19)12(20)10-1-6-22-8-10/h1,6,8,11,17H,2-5,7,9H2. The Morgan fingerprint density at radius 2 is 1.91 bits per heavy atom. The second-order valence-electron chi connectivity index (χ2n) is 5.62. The van der Waals surface area contributed by atoms with Gasteiger partial charge < -0.3 is 9.80 Å². The highest BCUT2D eigenvalue weighted by Gasteiger charge is 2.43. The van der Waals surface area contributed by atoms with Crippen LogP contribution >= 0.6 is 11.3 Å². The first-order valence-electron chi connectivity index (χ1n) is 7.18. The number of piperazine rings is 1. The van der Waals surface area contributed by atoms with E-state index in [0.29, 0.717) is 31.7 Å². The number of thiophene rings is 1. The zero-order valence-electron chi connectivity index (χ0n) is 11.9. The van der Waals surface area contributed by atoms with Crippen molar-refractivity contribution in [3.05, 3.63) is 22.4 Å². The second kappa shape index (κ2) is 5.92. The van der Waals surface area contributed by atoms with Crippen molar-refractivity contribution in [2.45, 2.75) is 18.4 Å². The number of hydrogen-bond acceptors (Lipinski definition) is 4. The van der Waals surface area contributed by atoms with Gasteiger partial charge in [-0.3, -0.25) is 14.9 Å². The predicted molar refractivity (Wildman–Crippen MR) is 78.2 cm³/mol. The Morgan fingerprint density at radius 1 is 1.23 bits per heavy atom. The summed E-state index contributed by atoms with van der Waals surface area (Å²) in [5.74, 6) is -3.14. The van der Waals surface area contributed by atoms with Crippen molar-refractivity contribution in [2.24, 2.45) is 0 Å². The van der Waals surface area contributed by atoms with Crippen LogP contribution in [0.5, 0.6) is 0 Å². The molecule has 3 rings (SSSR count). The molecule has 2 saturated heterocycles. The first-order valence-corrected chi connectivity index (χ1v) is 8.12. The topological polar surface area (TPSA) is 52.7 Å². The van der Waals surface area contributed by atoms with Crippen LogP contribution in [0, 0.1) is 0 Å². The normalized spacial score (nSPS) is 24.5. The zero-order valence-corrected chi connectivity index (χ0v) is 12.7. The highest BCUT2D eigenvalue weighted by atomic mass is 32.1. The fraction of sp³-hybridized carbons (Fsp3) is 0.571. The van der Waals surface area contributed by atoms with Gasteiger partial charge in [-0.2, -0.15) is 11.3 Å². The SMILES string of the molecule is O=C(c1ccsc1)N1CCN(C(=O)C2CC(F)(F)CN2)CC1. The maximum atomic E-state index is 13.2. The van der Waals surface area contributed by atoms with Crippen LogP contribution in [0.3, 0.4) is 0 Å². The Hall–Kier alpha value is -1.54. The van der Waals surface area contributed by atoms with Crippen molar-refractivity contribution in [3.8, 4) is 0 Å². The molecule has 1 atom stereocenters. The molecule has 0 aliphatic carbocycles. The number of alkyl halides is 2. The summed E-state index contributed by atoms with van der Waals surface area (Å²) in [6, 6.07) is 0.962. The molecule has 0 bridgehead atoms. The molecular weight excluding hydrogens is 312 g/mol. The fourth-order valence-electron chi connectivity index (χ4n) is 2.81. The number of rotatable bonds is 2. The van der Waals surface area contributed by atoms with E-state index >= 15 is 0 Å². The molecule has 1 aromatic heterocycles. The first kappa shape index (κ1) is 15.4. The van der Waals surface area contributed by atoms with E-state index in [2.05, 4.69) is 5.32 Å². The Bertz CT molecular complexity index is 556. The summed E-state index contributed by atoms with van der Waals surface area (Å²) in [7, 11) is 0. The maximum Gasteiger partial charge on any atom is 0.262 e. The number of amides is 2. The van der Waals surface area contributed by atoms with Crippen molar-refractivity contribution in [1.29, 1.82) is 0 Å². The van der Waals surface area contributed by atoms with Crippen LogP contribution in [0.15, 0.2) is 16.8 Å². The second-order valence-corrected chi connectivity index (χ2v) is 6.40. The summed E-state index contributed by atoms with van der Waals surface area (Å²) in [4.78, 5) is 27.7. The zero-order chi connectivity index (χ0) is 15.7. The van der Waals surface area contributed by atoms with E-state index in [1.807, 2.05) is 5.38 Å². The lowest BCUT2D eigenvalue weighted by molar-refractivity contribution is -0.135. The number of halogens is 2. The summed E-state index contributed by atoms with van der Waals surface area (Å²) in [5.41, 5.74) is 0.655. The van der Waals surface area contributed by atoms with Gasteiger partial charge in [0.1, 0.15) is 0 Å². The molecule has 0 aromatic carbocycles. The summed E-state index contributed by atoms with van der Waals surface area (Å²) < 4.78 is 26.3. The highest BCUT2D eigenvalue weighted by Crippen LogP contribution is 2.26. The Morgan fingerprint density at radius 3 is 2.45 bits per heavy atom. The molecule has 0 radical (unpaired) electrons. The van der Waals surface area contributed by atoms with Crippen LogP contribution < -0.4 is 5.32 Å². The molecule has 2 amide bonds. The lowest BCUT2D eigenvalue weighted by Gasteiger charge is -2.35. The van der Waals surface area contributed by atoms with Crippen LogP contribution in [-0.2, 0) is 4.79 Å². The van der Waals surface area contributed by atoms with Gasteiger partial charge in [0.25, 0.3) is 11.8 Å². The fourth-order valence-corrected chi connectivity index (χ4v) is 3.44. The third-order valence-electron chi connectivity index (χ3n) is 4.05. The number of nitrogens with zero attached hydrogens (tertiary/aromatic N) is 2. The average Bonchev–Trinajstić information content (AvgIpc) is 3.15. The number of carbonyl (C=O) groups excluding carboxylic acids is 2. The van der Waals surface area contributed by atoms with Crippen molar-refractivity contribution < 1.29 is 18.4 Å². The van der Waals surface area contributed by atoms with Gasteiger partial charge in [0, 0.05) is 38.0 Å². The monoisotopic (exact) mass is 329 g/mol. The summed E-state index contributed by atoms with van der Waals surface area (Å²) in [5, 5.41) is 6.22. The molecule has 1 N–H and O–H groups in total. The third kappa shape index (κ3) is 3.12. The van der Waals surface area contributed by atoms with Gasteiger partial charge in [-0.1, -0.05) is 0 Å².